The normalized spacial score (nSPS) is 17.3. The van der Waals surface area contributed by atoms with Gasteiger partial charge in [0.15, 0.2) is 5.60 Å². The molecule has 1 aliphatic rings. The third kappa shape index (κ3) is 2.08. The highest BCUT2D eigenvalue weighted by molar-refractivity contribution is 6.02. The Balaban J connectivity index is 2.49. The lowest BCUT2D eigenvalue weighted by Gasteiger charge is -2.38. The van der Waals surface area contributed by atoms with Crippen molar-refractivity contribution < 1.29 is 9.53 Å². The number of nitrogens with zero attached hydrogens (tertiary/aromatic N) is 1. The van der Waals surface area contributed by atoms with Gasteiger partial charge in [-0.1, -0.05) is 13.0 Å². The zero-order valence-corrected chi connectivity index (χ0v) is 11.2. The minimum Gasteiger partial charge on any atom is -0.476 e. The van der Waals surface area contributed by atoms with E-state index in [1.165, 1.54) is 5.56 Å². The van der Waals surface area contributed by atoms with Crippen molar-refractivity contribution in [1.82, 2.24) is 0 Å². The van der Waals surface area contributed by atoms with Crippen LogP contribution < -0.4 is 15.4 Å². The summed E-state index contributed by atoms with van der Waals surface area (Å²) in [5, 5.41) is 0. The van der Waals surface area contributed by atoms with Crippen molar-refractivity contribution in [3.8, 4) is 5.75 Å². The average molecular weight is 248 g/mol. The Morgan fingerprint density at radius 1 is 1.39 bits per heavy atom. The van der Waals surface area contributed by atoms with Crippen LogP contribution in [0.25, 0.3) is 0 Å². The zero-order chi connectivity index (χ0) is 13.3. The van der Waals surface area contributed by atoms with Crippen LogP contribution in [0.3, 0.4) is 0 Å². The molecule has 2 rings (SSSR count). The summed E-state index contributed by atoms with van der Waals surface area (Å²) in [6, 6.07) is 5.98. The third-order valence-electron chi connectivity index (χ3n) is 3.20. The number of carbonyl (C=O) groups excluding carboxylic acids is 1. The van der Waals surface area contributed by atoms with E-state index in [2.05, 4.69) is 6.92 Å². The molecule has 1 aromatic rings. The van der Waals surface area contributed by atoms with Crippen molar-refractivity contribution in [2.75, 3.05) is 18.0 Å². The second-order valence-corrected chi connectivity index (χ2v) is 5.01. The molecule has 0 unspecified atom stereocenters. The number of aryl methyl sites for hydroxylation is 1. The number of anilines is 1. The minimum absolute atomic E-state index is 0.0336. The van der Waals surface area contributed by atoms with Crippen LogP contribution in [-0.2, 0) is 11.2 Å². The summed E-state index contributed by atoms with van der Waals surface area (Å²) in [5.74, 6) is 0.721. The average Bonchev–Trinajstić information content (AvgIpc) is 2.34. The van der Waals surface area contributed by atoms with Crippen LogP contribution in [0.2, 0.25) is 0 Å². The first-order valence-electron chi connectivity index (χ1n) is 6.33. The van der Waals surface area contributed by atoms with Gasteiger partial charge in [-0.15, -0.1) is 0 Å². The molecule has 0 bridgehead atoms. The molecule has 1 aromatic carbocycles. The number of benzene rings is 1. The van der Waals surface area contributed by atoms with Gasteiger partial charge in [-0.3, -0.25) is 4.79 Å². The van der Waals surface area contributed by atoms with E-state index in [0.717, 1.165) is 17.9 Å². The largest absolute Gasteiger partial charge is 0.476 e. The smallest absolute Gasteiger partial charge is 0.270 e. The summed E-state index contributed by atoms with van der Waals surface area (Å²) in [7, 11) is 0. The molecule has 0 saturated carbocycles. The van der Waals surface area contributed by atoms with Gasteiger partial charge in [0.1, 0.15) is 5.75 Å². The topological polar surface area (TPSA) is 55.6 Å². The second kappa shape index (κ2) is 4.61. The van der Waals surface area contributed by atoms with Gasteiger partial charge in [0.05, 0.1) is 5.69 Å². The molecule has 2 N–H and O–H groups in total. The quantitative estimate of drug-likeness (QED) is 0.886. The first-order valence-corrected chi connectivity index (χ1v) is 6.33. The molecule has 98 valence electrons. The predicted octanol–water partition coefficient (Wildman–Crippen LogP) is 1.71. The Hall–Kier alpha value is -1.55. The van der Waals surface area contributed by atoms with Crippen molar-refractivity contribution in [3.05, 3.63) is 23.8 Å². The molecule has 4 nitrogen and oxygen atoms in total. The number of fused-ring (bicyclic) bond motifs is 1. The summed E-state index contributed by atoms with van der Waals surface area (Å²) in [6.45, 7) is 6.62. The number of rotatable bonds is 3. The summed E-state index contributed by atoms with van der Waals surface area (Å²) in [4.78, 5) is 14.1. The summed E-state index contributed by atoms with van der Waals surface area (Å²) < 4.78 is 5.78. The van der Waals surface area contributed by atoms with E-state index >= 15 is 0 Å². The summed E-state index contributed by atoms with van der Waals surface area (Å²) in [5.41, 5.74) is 6.80. The Morgan fingerprint density at radius 2 is 2.11 bits per heavy atom. The maximum absolute atomic E-state index is 12.3. The van der Waals surface area contributed by atoms with E-state index < -0.39 is 5.60 Å². The van der Waals surface area contributed by atoms with Crippen molar-refractivity contribution >= 4 is 11.6 Å². The lowest BCUT2D eigenvalue weighted by molar-refractivity contribution is -0.132. The highest BCUT2D eigenvalue weighted by Crippen LogP contribution is 2.38. The van der Waals surface area contributed by atoms with Gasteiger partial charge < -0.3 is 15.4 Å². The molecule has 1 heterocycles. The van der Waals surface area contributed by atoms with Crippen LogP contribution in [0, 0.1) is 0 Å². The van der Waals surface area contributed by atoms with Gasteiger partial charge in [-0.2, -0.15) is 0 Å². The fourth-order valence-corrected chi connectivity index (χ4v) is 2.18. The van der Waals surface area contributed by atoms with Crippen LogP contribution in [0.15, 0.2) is 18.2 Å². The molecule has 4 heteroatoms. The second-order valence-electron chi connectivity index (χ2n) is 5.01. The summed E-state index contributed by atoms with van der Waals surface area (Å²) >= 11 is 0. The lowest BCUT2D eigenvalue weighted by Crippen LogP contribution is -2.53. The van der Waals surface area contributed by atoms with Crippen molar-refractivity contribution in [2.24, 2.45) is 5.73 Å². The molecule has 0 atom stereocenters. The number of nitrogens with two attached hydrogens (primary N) is 1. The first kappa shape index (κ1) is 12.9. The number of hydrogen-bond donors (Lipinski definition) is 1. The fraction of sp³-hybridized carbons (Fsp3) is 0.500. The molecule has 0 spiro atoms. The van der Waals surface area contributed by atoms with Gasteiger partial charge in [-0.05, 0) is 38.0 Å². The molecule has 0 radical (unpaired) electrons. The van der Waals surface area contributed by atoms with Gasteiger partial charge in [0.2, 0.25) is 0 Å². The molecule has 1 aliphatic heterocycles. The van der Waals surface area contributed by atoms with Crippen LogP contribution in [0.4, 0.5) is 5.69 Å². The lowest BCUT2D eigenvalue weighted by atomic mass is 10.0. The van der Waals surface area contributed by atoms with E-state index in [-0.39, 0.29) is 5.91 Å². The van der Waals surface area contributed by atoms with E-state index in [4.69, 9.17) is 10.5 Å². The Morgan fingerprint density at radius 3 is 2.72 bits per heavy atom. The highest BCUT2D eigenvalue weighted by atomic mass is 16.5. The Labute approximate surface area is 108 Å². The summed E-state index contributed by atoms with van der Waals surface area (Å²) in [6.07, 6.45) is 0.932. The maximum Gasteiger partial charge on any atom is 0.270 e. The number of amides is 1. The van der Waals surface area contributed by atoms with E-state index in [0.29, 0.717) is 13.1 Å². The monoisotopic (exact) mass is 248 g/mol. The molecule has 0 saturated heterocycles. The third-order valence-corrected chi connectivity index (χ3v) is 3.20. The zero-order valence-electron chi connectivity index (χ0n) is 11.2. The van der Waals surface area contributed by atoms with Crippen molar-refractivity contribution in [2.45, 2.75) is 32.8 Å². The van der Waals surface area contributed by atoms with E-state index in [1.807, 2.05) is 18.2 Å². The SMILES string of the molecule is CCc1ccc2c(c1)N(CCN)C(=O)C(C)(C)O2. The van der Waals surface area contributed by atoms with E-state index in [9.17, 15) is 4.79 Å². The fourth-order valence-electron chi connectivity index (χ4n) is 2.18. The Bertz CT molecular complexity index is 469. The minimum atomic E-state index is -0.824. The van der Waals surface area contributed by atoms with Crippen LogP contribution in [0.1, 0.15) is 26.3 Å². The van der Waals surface area contributed by atoms with Crippen LogP contribution in [-0.4, -0.2) is 24.6 Å². The van der Waals surface area contributed by atoms with E-state index in [1.54, 1.807) is 18.7 Å². The Kier molecular flexibility index (Phi) is 3.30. The maximum atomic E-state index is 12.3. The van der Waals surface area contributed by atoms with Crippen LogP contribution in [0.5, 0.6) is 5.75 Å². The van der Waals surface area contributed by atoms with Crippen molar-refractivity contribution in [1.29, 1.82) is 0 Å². The number of carbonyl (C=O) groups is 1. The molecular weight excluding hydrogens is 228 g/mol. The molecule has 0 fully saturated rings. The van der Waals surface area contributed by atoms with Gasteiger partial charge in [0, 0.05) is 13.1 Å². The predicted molar refractivity (Wildman–Crippen MR) is 71.9 cm³/mol. The van der Waals surface area contributed by atoms with Gasteiger partial charge >= 0.3 is 0 Å². The van der Waals surface area contributed by atoms with Gasteiger partial charge in [0.25, 0.3) is 5.91 Å². The molecule has 1 amide bonds. The number of hydrogen-bond acceptors (Lipinski definition) is 3. The number of ether oxygens (including phenoxy) is 1. The molecular formula is C14H20N2O2. The molecule has 0 aliphatic carbocycles. The van der Waals surface area contributed by atoms with Gasteiger partial charge in [-0.25, -0.2) is 0 Å². The standard InChI is InChI=1S/C14H20N2O2/c1-4-10-5-6-12-11(9-10)16(8-7-15)13(17)14(2,3)18-12/h5-6,9H,4,7-8,15H2,1-3H3. The molecule has 18 heavy (non-hydrogen) atoms. The molecule has 0 aromatic heterocycles. The highest BCUT2D eigenvalue weighted by Gasteiger charge is 2.40. The van der Waals surface area contributed by atoms with Crippen molar-refractivity contribution in [3.63, 3.8) is 0 Å². The first-order chi connectivity index (χ1) is 8.49. The van der Waals surface area contributed by atoms with Crippen LogP contribution >= 0.6 is 0 Å².